The first-order valence-corrected chi connectivity index (χ1v) is 4.34. The van der Waals surface area contributed by atoms with E-state index in [0.717, 1.165) is 18.5 Å². The van der Waals surface area contributed by atoms with Crippen molar-refractivity contribution in [1.82, 2.24) is 10.3 Å². The minimum atomic E-state index is 0.655. The first-order valence-electron chi connectivity index (χ1n) is 4.34. The molecular weight excluding hydrogens is 164 g/mol. The molecule has 2 rings (SSSR count). The van der Waals surface area contributed by atoms with Gasteiger partial charge in [-0.15, -0.1) is 0 Å². The predicted molar refractivity (Wildman–Crippen MR) is 51.4 cm³/mol. The molecular formula is C10H12N2O. The van der Waals surface area contributed by atoms with E-state index >= 15 is 0 Å². The molecule has 1 aromatic rings. The van der Waals surface area contributed by atoms with Crippen molar-refractivity contribution in [2.45, 2.75) is 6.42 Å². The molecule has 0 fully saturated rings. The van der Waals surface area contributed by atoms with Crippen LogP contribution in [0, 0.1) is 0 Å². The third-order valence-electron chi connectivity index (χ3n) is 2.06. The molecule has 0 amide bonds. The molecule has 68 valence electrons. The van der Waals surface area contributed by atoms with Gasteiger partial charge in [0.1, 0.15) is 0 Å². The van der Waals surface area contributed by atoms with Gasteiger partial charge in [-0.25, -0.2) is 4.98 Å². The van der Waals surface area contributed by atoms with E-state index < -0.39 is 0 Å². The fourth-order valence-corrected chi connectivity index (χ4v) is 1.38. The molecule has 2 heterocycles. The van der Waals surface area contributed by atoms with Crippen LogP contribution in [0.15, 0.2) is 24.4 Å². The molecule has 0 atom stereocenters. The van der Waals surface area contributed by atoms with Crippen molar-refractivity contribution in [3.05, 3.63) is 30.0 Å². The van der Waals surface area contributed by atoms with Crippen LogP contribution in [0.1, 0.15) is 12.0 Å². The molecule has 0 radical (unpaired) electrons. The lowest BCUT2D eigenvalue weighted by atomic mass is 10.2. The standard InChI is InChI=1S/C10H12N2O/c1-13-10-5-4-8(7-12-10)9-3-2-6-11-9/h3-5,7,11H,2,6H2,1H3. The number of ether oxygens (including phenoxy) is 1. The number of hydrogen-bond acceptors (Lipinski definition) is 3. The maximum absolute atomic E-state index is 4.98. The second-order valence-electron chi connectivity index (χ2n) is 2.92. The van der Waals surface area contributed by atoms with Crippen LogP contribution >= 0.6 is 0 Å². The lowest BCUT2D eigenvalue weighted by Gasteiger charge is -2.04. The van der Waals surface area contributed by atoms with Crippen LogP contribution in [-0.4, -0.2) is 18.6 Å². The van der Waals surface area contributed by atoms with Gasteiger partial charge in [-0.1, -0.05) is 6.08 Å². The summed E-state index contributed by atoms with van der Waals surface area (Å²) < 4.78 is 4.98. The van der Waals surface area contributed by atoms with E-state index in [9.17, 15) is 0 Å². The average Bonchev–Trinajstić information content (AvgIpc) is 2.71. The SMILES string of the molecule is COc1ccc(C2=CCCN2)cn1. The number of hydrogen-bond donors (Lipinski definition) is 1. The van der Waals surface area contributed by atoms with E-state index in [1.807, 2.05) is 18.3 Å². The van der Waals surface area contributed by atoms with Crippen molar-refractivity contribution in [2.75, 3.05) is 13.7 Å². The Hall–Kier alpha value is -1.51. The zero-order valence-electron chi connectivity index (χ0n) is 7.58. The summed E-state index contributed by atoms with van der Waals surface area (Å²) in [6.07, 6.45) is 5.10. The van der Waals surface area contributed by atoms with E-state index in [4.69, 9.17) is 4.74 Å². The smallest absolute Gasteiger partial charge is 0.212 e. The van der Waals surface area contributed by atoms with Gasteiger partial charge in [-0.3, -0.25) is 0 Å². The molecule has 0 saturated heterocycles. The number of nitrogens with zero attached hydrogens (tertiary/aromatic N) is 1. The summed E-state index contributed by atoms with van der Waals surface area (Å²) in [5, 5.41) is 3.29. The number of methoxy groups -OCH3 is 1. The van der Waals surface area contributed by atoms with Crippen molar-refractivity contribution in [3.8, 4) is 5.88 Å². The Morgan fingerprint density at radius 2 is 2.38 bits per heavy atom. The van der Waals surface area contributed by atoms with Gasteiger partial charge in [-0.2, -0.15) is 0 Å². The molecule has 0 spiro atoms. The molecule has 3 heteroatoms. The molecule has 0 saturated carbocycles. The molecule has 13 heavy (non-hydrogen) atoms. The number of nitrogens with one attached hydrogen (secondary N) is 1. The molecule has 0 bridgehead atoms. The minimum absolute atomic E-state index is 0.655. The van der Waals surface area contributed by atoms with Gasteiger partial charge in [0, 0.05) is 30.1 Å². The Labute approximate surface area is 77.4 Å². The molecule has 1 aliphatic rings. The van der Waals surface area contributed by atoms with Gasteiger partial charge in [0.05, 0.1) is 7.11 Å². The summed E-state index contributed by atoms with van der Waals surface area (Å²) >= 11 is 0. The van der Waals surface area contributed by atoms with Crippen molar-refractivity contribution in [2.24, 2.45) is 0 Å². The molecule has 0 aromatic carbocycles. The Balaban J connectivity index is 2.22. The van der Waals surface area contributed by atoms with Crippen LogP contribution in [0.4, 0.5) is 0 Å². The number of pyridine rings is 1. The van der Waals surface area contributed by atoms with Gasteiger partial charge in [0.15, 0.2) is 0 Å². The lowest BCUT2D eigenvalue weighted by Crippen LogP contribution is -2.06. The predicted octanol–water partition coefficient (Wildman–Crippen LogP) is 1.42. The first-order chi connectivity index (χ1) is 6.40. The van der Waals surface area contributed by atoms with E-state index in [0.29, 0.717) is 5.88 Å². The first kappa shape index (κ1) is 8.10. The van der Waals surface area contributed by atoms with E-state index in [-0.39, 0.29) is 0 Å². The highest BCUT2D eigenvalue weighted by Crippen LogP contribution is 2.16. The zero-order valence-corrected chi connectivity index (χ0v) is 7.58. The monoisotopic (exact) mass is 176 g/mol. The third kappa shape index (κ3) is 1.64. The third-order valence-corrected chi connectivity index (χ3v) is 2.06. The second-order valence-corrected chi connectivity index (χ2v) is 2.92. The number of rotatable bonds is 2. The fourth-order valence-electron chi connectivity index (χ4n) is 1.38. The zero-order chi connectivity index (χ0) is 9.10. The van der Waals surface area contributed by atoms with Crippen LogP contribution in [0.25, 0.3) is 5.70 Å². The highest BCUT2D eigenvalue weighted by Gasteiger charge is 2.05. The summed E-state index contributed by atoms with van der Waals surface area (Å²) in [4.78, 5) is 4.14. The molecule has 1 N–H and O–H groups in total. The molecule has 3 nitrogen and oxygen atoms in total. The Kier molecular flexibility index (Phi) is 2.17. The highest BCUT2D eigenvalue weighted by molar-refractivity contribution is 5.64. The topological polar surface area (TPSA) is 34.1 Å². The van der Waals surface area contributed by atoms with Crippen LogP contribution in [0.5, 0.6) is 5.88 Å². The molecule has 0 unspecified atom stereocenters. The van der Waals surface area contributed by atoms with Crippen molar-refractivity contribution < 1.29 is 4.74 Å². The summed E-state index contributed by atoms with van der Waals surface area (Å²) in [6, 6.07) is 3.88. The van der Waals surface area contributed by atoms with Gasteiger partial charge < -0.3 is 10.1 Å². The van der Waals surface area contributed by atoms with E-state index in [1.54, 1.807) is 7.11 Å². The number of aromatic nitrogens is 1. The Bertz CT molecular complexity index is 316. The van der Waals surface area contributed by atoms with Crippen LogP contribution in [0.3, 0.4) is 0 Å². The Morgan fingerprint density at radius 3 is 2.92 bits per heavy atom. The van der Waals surface area contributed by atoms with Crippen LogP contribution in [0.2, 0.25) is 0 Å². The van der Waals surface area contributed by atoms with Gasteiger partial charge in [-0.05, 0) is 12.5 Å². The summed E-state index contributed by atoms with van der Waals surface area (Å²) in [5.41, 5.74) is 2.30. The van der Waals surface area contributed by atoms with Crippen molar-refractivity contribution in [1.29, 1.82) is 0 Å². The summed E-state index contributed by atoms with van der Waals surface area (Å²) in [7, 11) is 1.62. The van der Waals surface area contributed by atoms with Crippen LogP contribution in [-0.2, 0) is 0 Å². The van der Waals surface area contributed by atoms with Gasteiger partial charge in [0.2, 0.25) is 5.88 Å². The van der Waals surface area contributed by atoms with E-state index in [1.165, 1.54) is 5.70 Å². The maximum Gasteiger partial charge on any atom is 0.212 e. The maximum atomic E-state index is 4.98. The normalized spacial score (nSPS) is 15.0. The quantitative estimate of drug-likeness (QED) is 0.740. The fraction of sp³-hybridized carbons (Fsp3) is 0.300. The molecule has 1 aliphatic heterocycles. The van der Waals surface area contributed by atoms with Gasteiger partial charge in [0.25, 0.3) is 0 Å². The van der Waals surface area contributed by atoms with Gasteiger partial charge >= 0.3 is 0 Å². The molecule has 1 aromatic heterocycles. The molecule has 0 aliphatic carbocycles. The second kappa shape index (κ2) is 3.47. The van der Waals surface area contributed by atoms with Crippen molar-refractivity contribution in [3.63, 3.8) is 0 Å². The van der Waals surface area contributed by atoms with Crippen molar-refractivity contribution >= 4 is 5.70 Å². The summed E-state index contributed by atoms with van der Waals surface area (Å²) in [6.45, 7) is 1.03. The Morgan fingerprint density at radius 1 is 1.46 bits per heavy atom. The lowest BCUT2D eigenvalue weighted by molar-refractivity contribution is 0.398. The minimum Gasteiger partial charge on any atom is -0.481 e. The van der Waals surface area contributed by atoms with E-state index in [2.05, 4.69) is 16.4 Å². The highest BCUT2D eigenvalue weighted by atomic mass is 16.5. The summed E-state index contributed by atoms with van der Waals surface area (Å²) in [5.74, 6) is 0.655. The average molecular weight is 176 g/mol. The largest absolute Gasteiger partial charge is 0.481 e. The van der Waals surface area contributed by atoms with Crippen LogP contribution < -0.4 is 10.1 Å².